The SMILES string of the molecule is Fc1ccc2c(oc3c(-c4ccccn4)[c-]ccc32)c1-c1ccc(-c2ccccc2)cc1.[2H]c1nc(-c2[c-]ccc(C(C)(C)C)c2)c([2H])c([2H])c1C([2H])([2H])[2H].[Ir]. The van der Waals surface area contributed by atoms with E-state index >= 15 is 4.39 Å². The van der Waals surface area contributed by atoms with E-state index in [0.29, 0.717) is 22.3 Å². The molecule has 3 heterocycles. The predicted octanol–water partition coefficient (Wildman–Crippen LogP) is 12.1. The zero-order chi connectivity index (χ0) is 39.1. The monoisotopic (exact) mass is 837 g/mol. The van der Waals surface area contributed by atoms with Crippen molar-refractivity contribution < 1.29 is 37.1 Å². The second-order valence-electron chi connectivity index (χ2n) is 12.6. The van der Waals surface area contributed by atoms with Gasteiger partial charge in [-0.15, -0.1) is 53.6 Å². The van der Waals surface area contributed by atoms with E-state index < -0.39 is 24.6 Å². The van der Waals surface area contributed by atoms with Crippen LogP contribution in [0.2, 0.25) is 0 Å². The zero-order valence-electron chi connectivity index (χ0n) is 33.6. The topological polar surface area (TPSA) is 38.9 Å². The number of fused-ring (bicyclic) bond motifs is 3. The van der Waals surface area contributed by atoms with E-state index in [9.17, 15) is 0 Å². The fraction of sp³-hybridized carbons (Fsp3) is 0.111. The Hall–Kier alpha value is -5.22. The molecule has 0 amide bonds. The van der Waals surface area contributed by atoms with Crippen LogP contribution < -0.4 is 0 Å². The Morgan fingerprint density at radius 2 is 1.44 bits per heavy atom. The molecule has 8 aromatic rings. The van der Waals surface area contributed by atoms with E-state index in [1.165, 1.54) is 6.07 Å². The summed E-state index contributed by atoms with van der Waals surface area (Å²) in [4.78, 5) is 8.40. The van der Waals surface area contributed by atoms with Crippen molar-refractivity contribution in [3.8, 4) is 44.8 Å². The van der Waals surface area contributed by atoms with Gasteiger partial charge < -0.3 is 14.4 Å². The molecule has 0 aliphatic heterocycles. The van der Waals surface area contributed by atoms with Crippen molar-refractivity contribution in [1.29, 1.82) is 0 Å². The molecule has 0 fully saturated rings. The Kier molecular flexibility index (Phi) is 8.12. The second kappa shape index (κ2) is 14.7. The molecular weight excluding hydrogens is 796 g/mol. The van der Waals surface area contributed by atoms with Crippen molar-refractivity contribution in [2.75, 3.05) is 0 Å². The van der Waals surface area contributed by atoms with E-state index in [2.05, 4.69) is 34.2 Å². The third-order valence-electron chi connectivity index (χ3n) is 8.26. The summed E-state index contributed by atoms with van der Waals surface area (Å²) in [7, 11) is 0. The van der Waals surface area contributed by atoms with Gasteiger partial charge in [0, 0.05) is 42.0 Å². The molecule has 50 heavy (non-hydrogen) atoms. The molecule has 3 nitrogen and oxygen atoms in total. The first-order chi connectivity index (χ1) is 26.2. The average molecular weight is 837 g/mol. The Morgan fingerprint density at radius 3 is 2.18 bits per heavy atom. The molecule has 0 bridgehead atoms. The summed E-state index contributed by atoms with van der Waals surface area (Å²) in [5, 5.41) is 1.79. The van der Waals surface area contributed by atoms with Gasteiger partial charge in [-0.05, 0) is 64.1 Å². The summed E-state index contributed by atoms with van der Waals surface area (Å²) in [5.74, 6) is -0.313. The summed E-state index contributed by atoms with van der Waals surface area (Å²) >= 11 is 0. The van der Waals surface area contributed by atoms with Crippen molar-refractivity contribution in [3.63, 3.8) is 0 Å². The molecule has 0 unspecified atom stereocenters. The first kappa shape index (κ1) is 27.6. The van der Waals surface area contributed by atoms with Crippen LogP contribution >= 0.6 is 0 Å². The first-order valence-corrected chi connectivity index (χ1v) is 15.9. The first-order valence-electron chi connectivity index (χ1n) is 18.9. The number of hydrogen-bond acceptors (Lipinski definition) is 3. The second-order valence-corrected chi connectivity index (χ2v) is 12.6. The van der Waals surface area contributed by atoms with Gasteiger partial charge in [-0.25, -0.2) is 4.39 Å². The largest absolute Gasteiger partial charge is 0.500 e. The molecule has 5 heteroatoms. The molecular formula is C45H35FIrN2O-2. The van der Waals surface area contributed by atoms with Gasteiger partial charge in [0.05, 0.1) is 15.3 Å². The standard InChI is InChI=1S/C29H17FNO.C16H18N.Ir/c30-25-17-16-23-22-9-6-10-24(26-11-4-5-18-31-26)28(22)32-29(23)27(25)21-14-12-20(13-15-21)19-7-2-1-3-8-19;1-12-8-9-15(17-11-12)13-6-5-7-14(10-13)16(2,3)4;/h1-9,11-18H;5,7-11H,1-4H3;/q2*-1;/i;1D3,8D,9D,11D;. The van der Waals surface area contributed by atoms with Gasteiger partial charge in [0.2, 0.25) is 0 Å². The van der Waals surface area contributed by atoms with Gasteiger partial charge in [-0.1, -0.05) is 111 Å². The smallest absolute Gasteiger partial charge is 0.134 e. The molecule has 0 saturated carbocycles. The van der Waals surface area contributed by atoms with Crippen LogP contribution in [0.15, 0.2) is 144 Å². The molecule has 249 valence electrons. The van der Waals surface area contributed by atoms with Crippen LogP contribution in [0, 0.1) is 24.8 Å². The Balaban J connectivity index is 0.000000198. The molecule has 0 aliphatic carbocycles. The Bertz CT molecular complexity index is 2660. The fourth-order valence-electron chi connectivity index (χ4n) is 5.70. The molecule has 0 N–H and O–H groups in total. The maximum atomic E-state index is 15.1. The van der Waals surface area contributed by atoms with Gasteiger partial charge in [0.1, 0.15) is 11.4 Å². The van der Waals surface area contributed by atoms with E-state index in [1.54, 1.807) is 18.3 Å². The molecule has 0 spiro atoms. The average Bonchev–Trinajstić information content (AvgIpc) is 3.55. The number of furan rings is 1. The summed E-state index contributed by atoms with van der Waals surface area (Å²) in [6, 6.07) is 41.7. The van der Waals surface area contributed by atoms with Crippen LogP contribution in [-0.2, 0) is 25.5 Å². The minimum Gasteiger partial charge on any atom is -0.500 e. The number of aromatic nitrogens is 2. The van der Waals surface area contributed by atoms with Gasteiger partial charge in [-0.2, -0.15) is 0 Å². The van der Waals surface area contributed by atoms with Crippen LogP contribution in [0.1, 0.15) is 40.1 Å². The van der Waals surface area contributed by atoms with Crippen LogP contribution in [0.5, 0.6) is 0 Å². The summed E-state index contributed by atoms with van der Waals surface area (Å²) in [6.45, 7) is 3.51. The van der Waals surface area contributed by atoms with Gasteiger partial charge >= 0.3 is 0 Å². The van der Waals surface area contributed by atoms with Crippen LogP contribution in [0.3, 0.4) is 0 Å². The predicted molar refractivity (Wildman–Crippen MR) is 199 cm³/mol. The molecule has 8 rings (SSSR count). The maximum absolute atomic E-state index is 15.1. The van der Waals surface area contributed by atoms with E-state index in [4.69, 9.17) is 12.6 Å². The van der Waals surface area contributed by atoms with Crippen LogP contribution in [0.25, 0.3) is 66.7 Å². The normalized spacial score (nSPS) is 13.1. The van der Waals surface area contributed by atoms with Crippen molar-refractivity contribution in [1.82, 2.24) is 9.97 Å². The number of benzene rings is 5. The van der Waals surface area contributed by atoms with Gasteiger partial charge in [-0.3, -0.25) is 0 Å². The van der Waals surface area contributed by atoms with Crippen molar-refractivity contribution in [2.24, 2.45) is 0 Å². The summed E-state index contributed by atoms with van der Waals surface area (Å²) in [5.41, 5.74) is 7.17. The third-order valence-corrected chi connectivity index (χ3v) is 8.26. The van der Waals surface area contributed by atoms with Gasteiger partial charge in [0.15, 0.2) is 0 Å². The molecule has 5 aromatic carbocycles. The van der Waals surface area contributed by atoms with Crippen LogP contribution in [0.4, 0.5) is 4.39 Å². The van der Waals surface area contributed by atoms with Crippen LogP contribution in [-0.4, -0.2) is 9.97 Å². The van der Waals surface area contributed by atoms with Crippen molar-refractivity contribution in [2.45, 2.75) is 33.0 Å². The maximum Gasteiger partial charge on any atom is 0.134 e. The molecule has 0 atom stereocenters. The fourth-order valence-corrected chi connectivity index (χ4v) is 5.70. The van der Waals surface area contributed by atoms with Gasteiger partial charge in [0.25, 0.3) is 0 Å². The molecule has 1 radical (unpaired) electrons. The molecule has 3 aromatic heterocycles. The molecule has 0 saturated heterocycles. The Morgan fingerprint density at radius 1 is 0.720 bits per heavy atom. The Labute approximate surface area is 314 Å². The number of halogens is 1. The summed E-state index contributed by atoms with van der Waals surface area (Å²) in [6.07, 6.45) is 1.25. The third kappa shape index (κ3) is 7.21. The number of nitrogens with zero attached hydrogens (tertiary/aromatic N) is 2. The summed E-state index contributed by atoms with van der Waals surface area (Å²) < 4.78 is 67.5. The van der Waals surface area contributed by atoms with E-state index in [1.807, 2.05) is 106 Å². The zero-order valence-corrected chi connectivity index (χ0v) is 30.0. The van der Waals surface area contributed by atoms with E-state index in [0.717, 1.165) is 44.3 Å². The van der Waals surface area contributed by atoms with Crippen molar-refractivity contribution in [3.05, 3.63) is 169 Å². The minimum absolute atomic E-state index is 0. The van der Waals surface area contributed by atoms with Crippen molar-refractivity contribution >= 4 is 21.9 Å². The number of rotatable bonds is 4. The number of pyridine rings is 2. The number of hydrogen-bond donors (Lipinski definition) is 0. The molecule has 0 aliphatic rings. The van der Waals surface area contributed by atoms with E-state index in [-0.39, 0.29) is 43.1 Å². The minimum atomic E-state index is -2.63. The quantitative estimate of drug-likeness (QED) is 0.166.